The lowest BCUT2D eigenvalue weighted by molar-refractivity contribution is 0.108. The highest BCUT2D eigenvalue weighted by Crippen LogP contribution is 2.39. The minimum Gasteiger partial charge on any atom is -0.461 e. The van der Waals surface area contributed by atoms with Crippen molar-refractivity contribution in [1.82, 2.24) is 25.2 Å². The molecule has 2 atom stereocenters. The molecular weight excluding hydrogens is 402 g/mol. The zero-order chi connectivity index (χ0) is 21.7. The van der Waals surface area contributed by atoms with E-state index in [1.165, 1.54) is 51.6 Å². The minimum atomic E-state index is 0.175. The van der Waals surface area contributed by atoms with Crippen molar-refractivity contribution in [3.8, 4) is 6.01 Å². The van der Waals surface area contributed by atoms with Gasteiger partial charge in [0.2, 0.25) is 0 Å². The van der Waals surface area contributed by atoms with Crippen molar-refractivity contribution >= 4 is 22.8 Å². The number of hydrogen-bond acceptors (Lipinski definition) is 8. The number of pyridine rings is 1. The standard InChI is InChI=1S/C24H33N7O/c1-16-12-20-21(19(26-16)6-9-25)22(30-13-17-4-5-18(14-30)27-17)29-23(28-20)32-15-24-7-2-10-31(24)11-3-8-24/h6,9,12,17-18,27H,2-5,7-8,10-11,13-15,25H2,1H3/b9-6-. The smallest absolute Gasteiger partial charge is 0.319 e. The Morgan fingerprint density at radius 2 is 1.91 bits per heavy atom. The Kier molecular flexibility index (Phi) is 4.95. The van der Waals surface area contributed by atoms with Crippen LogP contribution in [0.25, 0.3) is 17.0 Å². The largest absolute Gasteiger partial charge is 0.461 e. The number of nitrogens with one attached hydrogen (secondary N) is 1. The van der Waals surface area contributed by atoms with Crippen LogP contribution in [0.1, 0.15) is 49.9 Å². The van der Waals surface area contributed by atoms with Crippen LogP contribution in [0.5, 0.6) is 6.01 Å². The van der Waals surface area contributed by atoms with E-state index in [1.807, 2.05) is 19.1 Å². The lowest BCUT2D eigenvalue weighted by Crippen LogP contribution is -2.51. The quantitative estimate of drug-likeness (QED) is 0.739. The maximum atomic E-state index is 6.37. The van der Waals surface area contributed by atoms with Gasteiger partial charge in [0.05, 0.1) is 22.1 Å². The van der Waals surface area contributed by atoms with Gasteiger partial charge in [-0.15, -0.1) is 0 Å². The summed E-state index contributed by atoms with van der Waals surface area (Å²) in [5, 5.41) is 4.68. The second kappa shape index (κ2) is 7.85. The zero-order valence-electron chi connectivity index (χ0n) is 18.9. The second-order valence-electron chi connectivity index (χ2n) is 9.98. The highest BCUT2D eigenvalue weighted by atomic mass is 16.5. The van der Waals surface area contributed by atoms with Crippen LogP contribution in [0.4, 0.5) is 5.82 Å². The Hall–Kier alpha value is -2.45. The number of ether oxygens (including phenoxy) is 1. The lowest BCUT2D eigenvalue weighted by atomic mass is 9.95. The molecule has 8 nitrogen and oxygen atoms in total. The van der Waals surface area contributed by atoms with Crippen molar-refractivity contribution < 1.29 is 4.74 Å². The average molecular weight is 436 g/mol. The Morgan fingerprint density at radius 1 is 1.16 bits per heavy atom. The van der Waals surface area contributed by atoms with Crippen molar-refractivity contribution in [2.75, 3.05) is 37.7 Å². The van der Waals surface area contributed by atoms with Crippen LogP contribution >= 0.6 is 0 Å². The van der Waals surface area contributed by atoms with E-state index in [4.69, 9.17) is 25.4 Å². The molecule has 4 saturated heterocycles. The Bertz CT molecular complexity index is 1030. The van der Waals surface area contributed by atoms with Crippen LogP contribution < -0.4 is 20.7 Å². The summed E-state index contributed by atoms with van der Waals surface area (Å²) < 4.78 is 6.37. The molecule has 2 aromatic heterocycles. The SMILES string of the molecule is Cc1cc2nc(OCC34CCCN3CCC4)nc(N3CC4CCC(C3)N4)c2c(/C=C\N)n1. The van der Waals surface area contributed by atoms with Gasteiger partial charge in [0, 0.05) is 30.9 Å². The highest BCUT2D eigenvalue weighted by molar-refractivity contribution is 5.96. The third kappa shape index (κ3) is 3.40. The molecule has 32 heavy (non-hydrogen) atoms. The second-order valence-corrected chi connectivity index (χ2v) is 9.98. The van der Waals surface area contributed by atoms with Gasteiger partial charge in [0.1, 0.15) is 12.4 Å². The first-order chi connectivity index (χ1) is 15.6. The molecule has 0 aliphatic carbocycles. The molecule has 4 fully saturated rings. The summed E-state index contributed by atoms with van der Waals surface area (Å²) in [4.78, 5) is 19.6. The van der Waals surface area contributed by atoms with Gasteiger partial charge in [0.15, 0.2) is 0 Å². The predicted molar refractivity (Wildman–Crippen MR) is 126 cm³/mol. The molecule has 6 heterocycles. The number of anilines is 1. The normalized spacial score (nSPS) is 27.0. The molecule has 3 N–H and O–H groups in total. The molecule has 0 amide bonds. The van der Waals surface area contributed by atoms with Gasteiger partial charge in [-0.25, -0.2) is 0 Å². The topological polar surface area (TPSA) is 92.4 Å². The average Bonchev–Trinajstić information content (AvgIpc) is 3.45. The van der Waals surface area contributed by atoms with E-state index in [9.17, 15) is 0 Å². The number of fused-ring (bicyclic) bond motifs is 4. The van der Waals surface area contributed by atoms with Gasteiger partial charge in [-0.3, -0.25) is 9.88 Å². The van der Waals surface area contributed by atoms with E-state index < -0.39 is 0 Å². The number of aryl methyl sites for hydroxylation is 1. The van der Waals surface area contributed by atoms with Crippen LogP contribution in [0.3, 0.4) is 0 Å². The van der Waals surface area contributed by atoms with Crippen molar-refractivity contribution in [2.24, 2.45) is 5.73 Å². The molecular formula is C24H33N7O. The fraction of sp³-hybridized carbons (Fsp3) is 0.625. The maximum Gasteiger partial charge on any atom is 0.319 e. The van der Waals surface area contributed by atoms with Crippen molar-refractivity contribution in [1.29, 1.82) is 0 Å². The van der Waals surface area contributed by atoms with E-state index in [0.29, 0.717) is 24.7 Å². The van der Waals surface area contributed by atoms with Crippen LogP contribution in [-0.4, -0.2) is 70.3 Å². The van der Waals surface area contributed by atoms with E-state index >= 15 is 0 Å². The fourth-order valence-corrected chi connectivity index (χ4v) is 6.41. The van der Waals surface area contributed by atoms with Crippen LogP contribution in [0.15, 0.2) is 12.3 Å². The summed E-state index contributed by atoms with van der Waals surface area (Å²) in [5.41, 5.74) is 8.56. The first kappa shape index (κ1) is 20.2. The van der Waals surface area contributed by atoms with Crippen LogP contribution in [0, 0.1) is 6.92 Å². The molecule has 2 bridgehead atoms. The summed E-state index contributed by atoms with van der Waals surface area (Å²) in [6, 6.07) is 3.55. The molecule has 6 rings (SSSR count). The van der Waals surface area contributed by atoms with Gasteiger partial charge in [-0.05, 0) is 76.9 Å². The summed E-state index contributed by atoms with van der Waals surface area (Å²) in [6.45, 7) is 6.94. The van der Waals surface area contributed by atoms with E-state index in [-0.39, 0.29) is 5.54 Å². The number of nitrogens with zero attached hydrogens (tertiary/aromatic N) is 5. The van der Waals surface area contributed by atoms with E-state index in [0.717, 1.165) is 41.2 Å². The van der Waals surface area contributed by atoms with Crippen LogP contribution in [0.2, 0.25) is 0 Å². The molecule has 4 aliphatic heterocycles. The number of aromatic nitrogens is 3. The van der Waals surface area contributed by atoms with Gasteiger partial charge in [0.25, 0.3) is 0 Å². The molecule has 4 aliphatic rings. The van der Waals surface area contributed by atoms with Crippen molar-refractivity contribution in [2.45, 2.75) is 63.1 Å². The molecule has 2 unspecified atom stereocenters. The molecule has 0 saturated carbocycles. The predicted octanol–water partition coefficient (Wildman–Crippen LogP) is 2.21. The van der Waals surface area contributed by atoms with Gasteiger partial charge in [-0.2, -0.15) is 9.97 Å². The monoisotopic (exact) mass is 435 g/mol. The molecule has 170 valence electrons. The van der Waals surface area contributed by atoms with Crippen molar-refractivity contribution in [3.63, 3.8) is 0 Å². The Labute approximate surface area is 189 Å². The zero-order valence-corrected chi connectivity index (χ0v) is 18.9. The van der Waals surface area contributed by atoms with Crippen LogP contribution in [-0.2, 0) is 0 Å². The van der Waals surface area contributed by atoms with Gasteiger partial charge < -0.3 is 20.7 Å². The van der Waals surface area contributed by atoms with Crippen molar-refractivity contribution in [3.05, 3.63) is 23.7 Å². The summed E-state index contributed by atoms with van der Waals surface area (Å²) in [6.07, 6.45) is 10.8. The lowest BCUT2D eigenvalue weighted by Gasteiger charge is -2.35. The molecule has 0 aromatic carbocycles. The first-order valence-electron chi connectivity index (χ1n) is 12.1. The van der Waals surface area contributed by atoms with Gasteiger partial charge in [-0.1, -0.05) is 0 Å². The summed E-state index contributed by atoms with van der Waals surface area (Å²) >= 11 is 0. The number of piperazine rings is 1. The first-order valence-corrected chi connectivity index (χ1v) is 12.1. The maximum absolute atomic E-state index is 6.37. The Balaban J connectivity index is 1.40. The number of hydrogen-bond donors (Lipinski definition) is 2. The Morgan fingerprint density at radius 3 is 2.62 bits per heavy atom. The molecule has 2 aromatic rings. The molecule has 0 radical (unpaired) electrons. The van der Waals surface area contributed by atoms with E-state index in [2.05, 4.69) is 15.1 Å². The minimum absolute atomic E-state index is 0.175. The highest BCUT2D eigenvalue weighted by Gasteiger charge is 2.45. The fourth-order valence-electron chi connectivity index (χ4n) is 6.41. The summed E-state index contributed by atoms with van der Waals surface area (Å²) in [5.74, 6) is 0.927. The molecule has 0 spiro atoms. The van der Waals surface area contributed by atoms with E-state index in [1.54, 1.807) is 6.20 Å². The van der Waals surface area contributed by atoms with Gasteiger partial charge >= 0.3 is 6.01 Å². The third-order valence-corrected chi connectivity index (χ3v) is 7.85. The number of rotatable bonds is 5. The molecule has 8 heteroatoms. The third-order valence-electron chi connectivity index (χ3n) is 7.85. The summed E-state index contributed by atoms with van der Waals surface area (Å²) in [7, 11) is 0. The number of nitrogens with two attached hydrogens (primary N) is 1.